The Bertz CT molecular complexity index is 1050. The van der Waals surface area contributed by atoms with Crippen molar-refractivity contribution in [3.8, 4) is 11.5 Å². The summed E-state index contributed by atoms with van der Waals surface area (Å²) in [5.41, 5.74) is 3.65. The van der Waals surface area contributed by atoms with Crippen LogP contribution in [0, 0.1) is 12.8 Å². The molecule has 2 aromatic carbocycles. The Balaban J connectivity index is 1.87. The predicted octanol–water partition coefficient (Wildman–Crippen LogP) is 5.19. The van der Waals surface area contributed by atoms with Gasteiger partial charge in [0.05, 0.1) is 23.2 Å². The first-order chi connectivity index (χ1) is 13.3. The number of ether oxygens (including phenoxy) is 1. The van der Waals surface area contributed by atoms with E-state index in [1.807, 2.05) is 6.92 Å². The summed E-state index contributed by atoms with van der Waals surface area (Å²) in [7, 11) is 0. The molecule has 5 heteroatoms. The normalized spacial score (nSPS) is 22.8. The Morgan fingerprint density at radius 3 is 2.64 bits per heavy atom. The van der Waals surface area contributed by atoms with Crippen LogP contribution < -0.4 is 0 Å². The fourth-order valence-electron chi connectivity index (χ4n) is 4.30. The number of fused-ring (bicyclic) bond motifs is 3. The second-order valence-corrected chi connectivity index (χ2v) is 8.50. The zero-order valence-electron chi connectivity index (χ0n) is 17.0. The lowest BCUT2D eigenvalue weighted by Gasteiger charge is -2.13. The first-order valence-electron chi connectivity index (χ1n) is 10.1. The number of aromatic hydroxyl groups is 2. The van der Waals surface area contributed by atoms with Crippen LogP contribution in [-0.2, 0) is 11.3 Å². The molecule has 0 spiro atoms. The number of rotatable bonds is 6. The third-order valence-electron chi connectivity index (χ3n) is 6.54. The number of phenols is 2. The summed E-state index contributed by atoms with van der Waals surface area (Å²) in [6, 6.07) is 5.01. The Hall–Kier alpha value is -2.24. The van der Waals surface area contributed by atoms with E-state index in [0.29, 0.717) is 17.0 Å². The molecule has 0 amide bonds. The van der Waals surface area contributed by atoms with Crippen LogP contribution in [0.3, 0.4) is 0 Å². The lowest BCUT2D eigenvalue weighted by atomic mass is 9.89. The van der Waals surface area contributed by atoms with Gasteiger partial charge in [0, 0.05) is 16.3 Å². The van der Waals surface area contributed by atoms with Gasteiger partial charge in [0.1, 0.15) is 17.6 Å². The van der Waals surface area contributed by atoms with E-state index in [0.717, 1.165) is 46.7 Å². The Kier molecular flexibility index (Phi) is 4.55. The molecule has 3 atom stereocenters. The topological polar surface area (TPSA) is 89.0 Å². The van der Waals surface area contributed by atoms with Crippen LogP contribution in [0.1, 0.15) is 62.8 Å². The first kappa shape index (κ1) is 19.1. The minimum Gasteiger partial charge on any atom is -0.508 e. The molecule has 0 radical (unpaired) electrons. The molecule has 1 aliphatic heterocycles. The highest BCUT2D eigenvalue weighted by atomic mass is 16.6. The number of hydrogen-bond donors (Lipinski definition) is 4. The second kappa shape index (κ2) is 6.68. The maximum absolute atomic E-state index is 10.6. The monoisotopic (exact) mass is 383 g/mol. The number of phenolic OH excluding ortho intramolecular Hbond substituents is 2. The van der Waals surface area contributed by atoms with Crippen LogP contribution in [0.5, 0.6) is 11.5 Å². The van der Waals surface area contributed by atoms with Gasteiger partial charge in [-0.05, 0) is 55.9 Å². The smallest absolute Gasteiger partial charge is 0.139 e. The van der Waals surface area contributed by atoms with E-state index in [1.54, 1.807) is 18.2 Å². The second-order valence-electron chi connectivity index (χ2n) is 8.50. The molecule has 1 aromatic heterocycles. The number of nitrogens with one attached hydrogen (secondary N) is 1. The molecule has 2 heterocycles. The Labute approximate surface area is 165 Å². The summed E-state index contributed by atoms with van der Waals surface area (Å²) in [4.78, 5) is 3.34. The van der Waals surface area contributed by atoms with Crippen LogP contribution in [-0.4, -0.2) is 25.9 Å². The van der Waals surface area contributed by atoms with Crippen molar-refractivity contribution < 1.29 is 20.1 Å². The van der Waals surface area contributed by atoms with Crippen molar-refractivity contribution in [3.05, 3.63) is 34.9 Å². The average molecular weight is 383 g/mol. The van der Waals surface area contributed by atoms with Gasteiger partial charge < -0.3 is 25.0 Å². The molecule has 4 N–H and O–H groups in total. The minimum absolute atomic E-state index is 0.0982. The third-order valence-corrected chi connectivity index (χ3v) is 6.54. The summed E-state index contributed by atoms with van der Waals surface area (Å²) in [5, 5.41) is 32.3. The van der Waals surface area contributed by atoms with Crippen molar-refractivity contribution in [1.29, 1.82) is 0 Å². The average Bonchev–Trinajstić information content (AvgIpc) is 3.19. The van der Waals surface area contributed by atoms with E-state index in [-0.39, 0.29) is 29.8 Å². The van der Waals surface area contributed by atoms with Gasteiger partial charge in [0.2, 0.25) is 0 Å². The Morgan fingerprint density at radius 2 is 1.96 bits per heavy atom. The van der Waals surface area contributed by atoms with Crippen LogP contribution in [0.25, 0.3) is 21.8 Å². The third kappa shape index (κ3) is 2.85. The molecule has 1 saturated heterocycles. The maximum atomic E-state index is 10.6. The Morgan fingerprint density at radius 1 is 1.21 bits per heavy atom. The van der Waals surface area contributed by atoms with Crippen LogP contribution in [0.2, 0.25) is 0 Å². The quantitative estimate of drug-likeness (QED) is 0.441. The number of aliphatic hydroxyl groups excluding tert-OH is 1. The SMILES string of the molecule is CC[C@H](C)CCC1(C)OC1c1c(C)c(O)cc2c1[nH]c1c(O)ccc(CO)c12. The molecule has 0 saturated carbocycles. The molecular formula is C23H29NO4. The molecule has 3 aromatic rings. The summed E-state index contributed by atoms with van der Waals surface area (Å²) >= 11 is 0. The van der Waals surface area contributed by atoms with Gasteiger partial charge in [-0.15, -0.1) is 0 Å². The van der Waals surface area contributed by atoms with E-state index < -0.39 is 0 Å². The summed E-state index contributed by atoms with van der Waals surface area (Å²) < 4.78 is 6.17. The fourth-order valence-corrected chi connectivity index (χ4v) is 4.30. The standard InChI is InChI=1S/C23H29NO4/c1-5-12(2)8-9-23(4)22(28-23)18-13(3)17(27)10-15-19-14(11-25)6-7-16(26)21(19)24-20(15)18/h6-7,10,12,22,24-27H,5,8-9,11H2,1-4H3/t12-,22?,23?/m0/s1. The van der Waals surface area contributed by atoms with Crippen molar-refractivity contribution in [2.45, 2.75) is 65.3 Å². The van der Waals surface area contributed by atoms with Crippen LogP contribution in [0.4, 0.5) is 0 Å². The number of epoxide rings is 1. The number of H-pyrrole nitrogens is 1. The molecule has 0 bridgehead atoms. The van der Waals surface area contributed by atoms with Gasteiger partial charge in [0.15, 0.2) is 0 Å². The van der Waals surface area contributed by atoms with E-state index in [4.69, 9.17) is 4.74 Å². The van der Waals surface area contributed by atoms with E-state index in [1.165, 1.54) is 0 Å². The van der Waals surface area contributed by atoms with Crippen molar-refractivity contribution >= 4 is 21.8 Å². The van der Waals surface area contributed by atoms with Crippen molar-refractivity contribution in [2.24, 2.45) is 5.92 Å². The predicted molar refractivity (Wildman–Crippen MR) is 111 cm³/mol. The van der Waals surface area contributed by atoms with Gasteiger partial charge >= 0.3 is 0 Å². The summed E-state index contributed by atoms with van der Waals surface area (Å²) in [6.45, 7) is 8.36. The molecule has 4 rings (SSSR count). The first-order valence-corrected chi connectivity index (χ1v) is 10.1. The molecule has 150 valence electrons. The molecule has 28 heavy (non-hydrogen) atoms. The van der Waals surface area contributed by atoms with E-state index in [2.05, 4.69) is 25.8 Å². The van der Waals surface area contributed by atoms with Crippen LogP contribution in [0.15, 0.2) is 18.2 Å². The molecular weight excluding hydrogens is 354 g/mol. The van der Waals surface area contributed by atoms with Crippen molar-refractivity contribution in [3.63, 3.8) is 0 Å². The molecule has 5 nitrogen and oxygen atoms in total. The van der Waals surface area contributed by atoms with Gasteiger partial charge in [-0.1, -0.05) is 26.3 Å². The highest BCUT2D eigenvalue weighted by Gasteiger charge is 2.54. The fraction of sp³-hybridized carbons (Fsp3) is 0.478. The molecule has 1 fully saturated rings. The summed E-state index contributed by atoms with van der Waals surface area (Å²) in [6.07, 6.45) is 3.13. The minimum atomic E-state index is -0.242. The molecule has 0 aliphatic carbocycles. The summed E-state index contributed by atoms with van der Waals surface area (Å²) in [5.74, 6) is 0.988. The number of aliphatic hydroxyl groups is 1. The number of aromatic amines is 1. The molecule has 1 aliphatic rings. The zero-order chi connectivity index (χ0) is 20.2. The van der Waals surface area contributed by atoms with E-state index >= 15 is 0 Å². The van der Waals surface area contributed by atoms with E-state index in [9.17, 15) is 15.3 Å². The van der Waals surface area contributed by atoms with Crippen molar-refractivity contribution in [1.82, 2.24) is 4.98 Å². The lowest BCUT2D eigenvalue weighted by Crippen LogP contribution is -2.09. The zero-order valence-corrected chi connectivity index (χ0v) is 17.0. The van der Waals surface area contributed by atoms with Gasteiger partial charge in [0.25, 0.3) is 0 Å². The van der Waals surface area contributed by atoms with Gasteiger partial charge in [-0.3, -0.25) is 0 Å². The maximum Gasteiger partial charge on any atom is 0.139 e. The van der Waals surface area contributed by atoms with Crippen LogP contribution >= 0.6 is 0 Å². The van der Waals surface area contributed by atoms with Gasteiger partial charge in [-0.2, -0.15) is 0 Å². The number of benzene rings is 2. The number of aromatic nitrogens is 1. The highest BCUT2D eigenvalue weighted by Crippen LogP contribution is 2.56. The highest BCUT2D eigenvalue weighted by molar-refractivity contribution is 6.12. The lowest BCUT2D eigenvalue weighted by molar-refractivity contribution is 0.280. The largest absolute Gasteiger partial charge is 0.508 e. The van der Waals surface area contributed by atoms with Gasteiger partial charge in [-0.25, -0.2) is 0 Å². The number of hydrogen-bond acceptors (Lipinski definition) is 4. The van der Waals surface area contributed by atoms with Crippen molar-refractivity contribution in [2.75, 3.05) is 0 Å². The molecule has 2 unspecified atom stereocenters.